The van der Waals surface area contributed by atoms with Crippen LogP contribution in [0.15, 0.2) is 59.6 Å². The number of carbonyl (C=O) groups excluding carboxylic acids is 3. The number of nitrogens with zero attached hydrogens (tertiary/aromatic N) is 2. The van der Waals surface area contributed by atoms with Gasteiger partial charge >= 0.3 is 6.18 Å². The van der Waals surface area contributed by atoms with Gasteiger partial charge in [-0.25, -0.2) is 13.8 Å². The number of benzene rings is 2. The maximum atomic E-state index is 14.0. The Bertz CT molecular complexity index is 1280. The summed E-state index contributed by atoms with van der Waals surface area (Å²) in [6, 6.07) is 15.9. The van der Waals surface area contributed by atoms with Crippen LogP contribution in [0.4, 0.5) is 27.6 Å². The molecular formula is C29H31F5N4O3. The Morgan fingerprint density at radius 3 is 2.32 bits per heavy atom. The van der Waals surface area contributed by atoms with Crippen molar-refractivity contribution in [3.63, 3.8) is 0 Å². The summed E-state index contributed by atoms with van der Waals surface area (Å²) in [6.45, 7) is -1.15. The number of aliphatic imine (C=N–C) groups is 1. The highest BCUT2D eigenvalue weighted by Crippen LogP contribution is 2.35. The number of hydrogen-bond donors (Lipinski definition) is 2. The number of carbonyl (C=O) groups is 3. The van der Waals surface area contributed by atoms with Gasteiger partial charge in [0.2, 0.25) is 18.0 Å². The molecule has 4 rings (SSSR count). The molecule has 0 radical (unpaired) electrons. The van der Waals surface area contributed by atoms with Gasteiger partial charge in [0.1, 0.15) is 12.8 Å². The van der Waals surface area contributed by atoms with Crippen LogP contribution in [0.1, 0.15) is 43.2 Å². The molecule has 0 saturated heterocycles. The van der Waals surface area contributed by atoms with E-state index < -0.39 is 74.0 Å². The zero-order valence-electron chi connectivity index (χ0n) is 22.1. The predicted molar refractivity (Wildman–Crippen MR) is 142 cm³/mol. The number of rotatable bonds is 12. The third-order valence-corrected chi connectivity index (χ3v) is 7.28. The largest absolute Gasteiger partial charge is 0.389 e. The zero-order valence-corrected chi connectivity index (χ0v) is 22.1. The van der Waals surface area contributed by atoms with E-state index in [0.29, 0.717) is 29.1 Å². The molecule has 1 fully saturated rings. The number of anilines is 1. The van der Waals surface area contributed by atoms with E-state index in [1.807, 2.05) is 0 Å². The first-order chi connectivity index (χ1) is 19.5. The van der Waals surface area contributed by atoms with Gasteiger partial charge in [-0.1, -0.05) is 48.5 Å². The fourth-order valence-corrected chi connectivity index (χ4v) is 4.99. The van der Waals surface area contributed by atoms with Crippen molar-refractivity contribution in [1.29, 1.82) is 0 Å². The van der Waals surface area contributed by atoms with Crippen LogP contribution in [0.5, 0.6) is 0 Å². The summed E-state index contributed by atoms with van der Waals surface area (Å²) in [5.41, 5.74) is 7.54. The molecule has 2 aromatic rings. The molecule has 4 atom stereocenters. The van der Waals surface area contributed by atoms with Crippen LogP contribution in [-0.4, -0.2) is 55.2 Å². The van der Waals surface area contributed by atoms with Crippen molar-refractivity contribution in [1.82, 2.24) is 5.32 Å². The van der Waals surface area contributed by atoms with Crippen LogP contribution >= 0.6 is 0 Å². The first-order valence-corrected chi connectivity index (χ1v) is 13.4. The Labute approximate surface area is 234 Å². The summed E-state index contributed by atoms with van der Waals surface area (Å²) >= 11 is 0. The molecule has 0 spiro atoms. The number of halogens is 5. The van der Waals surface area contributed by atoms with Gasteiger partial charge in [0, 0.05) is 30.0 Å². The minimum absolute atomic E-state index is 0.239. The normalized spacial score (nSPS) is 19.4. The lowest BCUT2D eigenvalue weighted by molar-refractivity contribution is -0.147. The molecule has 3 amide bonds. The molecule has 12 heteroatoms. The van der Waals surface area contributed by atoms with Gasteiger partial charge in [0.05, 0.1) is 17.3 Å². The van der Waals surface area contributed by atoms with Gasteiger partial charge in [-0.3, -0.25) is 14.4 Å². The summed E-state index contributed by atoms with van der Waals surface area (Å²) in [6.07, 6.45) is -9.91. The molecule has 1 saturated carbocycles. The first-order valence-electron chi connectivity index (χ1n) is 13.4. The Morgan fingerprint density at radius 1 is 1.05 bits per heavy atom. The van der Waals surface area contributed by atoms with E-state index in [4.69, 9.17) is 5.73 Å². The lowest BCUT2D eigenvalue weighted by atomic mass is 9.83. The number of para-hydroxylation sites is 1. The number of nitrogens with one attached hydrogen (secondary N) is 1. The molecule has 0 bridgehead atoms. The van der Waals surface area contributed by atoms with Crippen molar-refractivity contribution in [3.8, 4) is 0 Å². The van der Waals surface area contributed by atoms with Gasteiger partial charge in [0.15, 0.2) is 0 Å². The lowest BCUT2D eigenvalue weighted by Crippen LogP contribution is -2.51. The minimum atomic E-state index is -4.70. The van der Waals surface area contributed by atoms with Gasteiger partial charge in [0.25, 0.3) is 5.91 Å². The molecule has 3 N–H and O–H groups in total. The predicted octanol–water partition coefficient (Wildman–Crippen LogP) is 4.48. The molecule has 220 valence electrons. The maximum absolute atomic E-state index is 14.0. The second kappa shape index (κ2) is 12.8. The number of benzodiazepines with no additional fused rings is 1. The third-order valence-electron chi connectivity index (χ3n) is 7.28. The number of alkyl halides is 5. The van der Waals surface area contributed by atoms with Crippen molar-refractivity contribution in [2.24, 2.45) is 28.5 Å². The average molecular weight is 579 g/mol. The number of primary amides is 1. The summed E-state index contributed by atoms with van der Waals surface area (Å²) < 4.78 is 66.3. The van der Waals surface area contributed by atoms with Crippen molar-refractivity contribution < 1.29 is 36.3 Å². The average Bonchev–Trinajstić information content (AvgIpc) is 3.77. The van der Waals surface area contributed by atoms with Crippen LogP contribution in [0.3, 0.4) is 0 Å². The van der Waals surface area contributed by atoms with Gasteiger partial charge in [-0.2, -0.15) is 13.2 Å². The molecule has 2 aliphatic rings. The third kappa shape index (κ3) is 7.68. The van der Waals surface area contributed by atoms with Crippen LogP contribution in [0, 0.1) is 17.8 Å². The molecule has 41 heavy (non-hydrogen) atoms. The second-order valence-electron chi connectivity index (χ2n) is 10.4. The molecule has 0 aromatic heterocycles. The van der Waals surface area contributed by atoms with Crippen LogP contribution < -0.4 is 16.0 Å². The van der Waals surface area contributed by atoms with Crippen molar-refractivity contribution in [3.05, 3.63) is 65.7 Å². The van der Waals surface area contributed by atoms with Gasteiger partial charge in [-0.15, -0.1) is 0 Å². The first kappa shape index (κ1) is 30.1. The van der Waals surface area contributed by atoms with Gasteiger partial charge < -0.3 is 16.0 Å². The topological polar surface area (TPSA) is 105 Å². The number of amides is 3. The monoisotopic (exact) mass is 578 g/mol. The van der Waals surface area contributed by atoms with E-state index in [9.17, 15) is 36.3 Å². The fourth-order valence-electron chi connectivity index (χ4n) is 4.99. The molecular weight excluding hydrogens is 547 g/mol. The zero-order chi connectivity index (χ0) is 29.7. The van der Waals surface area contributed by atoms with Crippen molar-refractivity contribution in [2.45, 2.75) is 50.6 Å². The molecule has 1 aliphatic heterocycles. The van der Waals surface area contributed by atoms with E-state index in [0.717, 1.165) is 12.8 Å². The highest BCUT2D eigenvalue weighted by molar-refractivity contribution is 6.20. The Kier molecular flexibility index (Phi) is 9.39. The smallest absolute Gasteiger partial charge is 0.369 e. The number of nitrogens with two attached hydrogens (primary N) is 1. The Morgan fingerprint density at radius 2 is 1.71 bits per heavy atom. The summed E-state index contributed by atoms with van der Waals surface area (Å²) in [7, 11) is 0. The standard InChI is InChI=1S/C29H31F5N4O3/c30-15-19(31)14-22(25(35)39)20(12-13-29(32,33)34)27(40)37-26-28(41)38(16-17-10-11-17)23-9-5-4-8-21(23)24(36-26)18-6-2-1-3-7-18/h1-9,17,19-20,22,26H,10-16H2,(H2,35,39)(H,37,40)/t19?,20-,22+,26-/m1/s1. The number of hydrogen-bond acceptors (Lipinski definition) is 4. The van der Waals surface area contributed by atoms with Crippen LogP contribution in [0.25, 0.3) is 0 Å². The maximum Gasteiger partial charge on any atom is 0.389 e. The van der Waals surface area contributed by atoms with Crippen LogP contribution in [-0.2, 0) is 14.4 Å². The highest BCUT2D eigenvalue weighted by Gasteiger charge is 2.41. The van der Waals surface area contributed by atoms with E-state index in [1.54, 1.807) is 54.6 Å². The van der Waals surface area contributed by atoms with E-state index in [1.165, 1.54) is 4.90 Å². The molecule has 1 unspecified atom stereocenters. The van der Waals surface area contributed by atoms with Crippen molar-refractivity contribution in [2.75, 3.05) is 18.1 Å². The quantitative estimate of drug-likeness (QED) is 0.363. The van der Waals surface area contributed by atoms with Crippen molar-refractivity contribution >= 4 is 29.1 Å². The fraction of sp³-hybridized carbons (Fsp3) is 0.448. The minimum Gasteiger partial charge on any atom is -0.369 e. The summed E-state index contributed by atoms with van der Waals surface area (Å²) in [5.74, 6) is -6.25. The van der Waals surface area contributed by atoms with E-state index in [2.05, 4.69) is 10.3 Å². The number of fused-ring (bicyclic) bond motifs is 1. The molecule has 7 nitrogen and oxygen atoms in total. The summed E-state index contributed by atoms with van der Waals surface area (Å²) in [4.78, 5) is 45.6. The highest BCUT2D eigenvalue weighted by atomic mass is 19.4. The molecule has 2 aromatic carbocycles. The Balaban J connectivity index is 1.73. The SMILES string of the molecule is NC(=O)[C@@H](CC(F)CF)[C@@H](CCC(F)(F)F)C(=O)N[C@H]1N=C(c2ccccc2)c2ccccc2N(CC2CC2)C1=O. The molecule has 1 aliphatic carbocycles. The summed E-state index contributed by atoms with van der Waals surface area (Å²) in [5, 5.41) is 2.42. The van der Waals surface area contributed by atoms with E-state index >= 15 is 0 Å². The second-order valence-corrected chi connectivity index (χ2v) is 10.4. The lowest BCUT2D eigenvalue weighted by Gasteiger charge is -2.28. The molecule has 1 heterocycles. The van der Waals surface area contributed by atoms with Crippen LogP contribution in [0.2, 0.25) is 0 Å². The van der Waals surface area contributed by atoms with Gasteiger partial charge in [-0.05, 0) is 37.7 Å². The van der Waals surface area contributed by atoms with E-state index in [-0.39, 0.29) is 5.92 Å². The Hall–Kier alpha value is -3.83.